The molecule has 0 saturated carbocycles. The van der Waals surface area contributed by atoms with Crippen LogP contribution in [0.1, 0.15) is 0 Å². The molecule has 252 valence electrons. The summed E-state index contributed by atoms with van der Waals surface area (Å²) < 4.78 is 0. The second-order valence-electron chi connectivity index (χ2n) is 13.8. The molecule has 0 amide bonds. The summed E-state index contributed by atoms with van der Waals surface area (Å²) >= 11 is 0. The third-order valence-corrected chi connectivity index (χ3v) is 10.5. The standard InChI is InChI=1S/C52H34N2/c1-3-11-35(12-4-1)36-19-21-37(22-20-36)38-23-25-41(26-24-38)50-34-49(40-14-5-2-6-15-40)53-52(54-50)43-29-27-42(28-30-43)51-46-18-10-8-16-44(46)33-48-45-17-9-7-13-39(45)31-32-47(48)51/h1-34H. The van der Waals surface area contributed by atoms with Crippen molar-refractivity contribution in [1.82, 2.24) is 9.97 Å². The van der Waals surface area contributed by atoms with Gasteiger partial charge in [0.2, 0.25) is 0 Å². The smallest absolute Gasteiger partial charge is 0.160 e. The summed E-state index contributed by atoms with van der Waals surface area (Å²) in [6.45, 7) is 0. The second kappa shape index (κ2) is 13.4. The lowest BCUT2D eigenvalue weighted by Gasteiger charge is -2.15. The number of aromatic nitrogens is 2. The number of benzene rings is 9. The van der Waals surface area contributed by atoms with E-state index in [9.17, 15) is 0 Å². The zero-order valence-electron chi connectivity index (χ0n) is 29.5. The highest BCUT2D eigenvalue weighted by Crippen LogP contribution is 2.40. The average Bonchev–Trinajstić information content (AvgIpc) is 3.26. The van der Waals surface area contributed by atoms with Crippen LogP contribution >= 0.6 is 0 Å². The van der Waals surface area contributed by atoms with Gasteiger partial charge < -0.3 is 0 Å². The first kappa shape index (κ1) is 31.6. The Morgan fingerprint density at radius 1 is 0.241 bits per heavy atom. The molecule has 2 heteroatoms. The Hall–Kier alpha value is -7.16. The Morgan fingerprint density at radius 3 is 1.31 bits per heavy atom. The summed E-state index contributed by atoms with van der Waals surface area (Å²) in [5.74, 6) is 0.701. The molecule has 54 heavy (non-hydrogen) atoms. The molecule has 10 rings (SSSR count). The zero-order valence-corrected chi connectivity index (χ0v) is 29.5. The van der Waals surface area contributed by atoms with Crippen LogP contribution in [0, 0.1) is 0 Å². The third kappa shape index (κ3) is 5.81. The van der Waals surface area contributed by atoms with Gasteiger partial charge >= 0.3 is 0 Å². The Balaban J connectivity index is 1.03. The highest BCUT2D eigenvalue weighted by molar-refractivity contribution is 6.20. The van der Waals surface area contributed by atoms with Gasteiger partial charge in [0.25, 0.3) is 0 Å². The van der Waals surface area contributed by atoms with Gasteiger partial charge in [0.1, 0.15) is 0 Å². The van der Waals surface area contributed by atoms with Crippen LogP contribution in [0.5, 0.6) is 0 Å². The lowest BCUT2D eigenvalue weighted by molar-refractivity contribution is 1.18. The van der Waals surface area contributed by atoms with Gasteiger partial charge in [-0.05, 0) is 77.8 Å². The highest BCUT2D eigenvalue weighted by atomic mass is 14.9. The Kier molecular flexibility index (Phi) is 7.85. The van der Waals surface area contributed by atoms with Gasteiger partial charge in [-0.1, -0.05) is 194 Å². The molecule has 0 N–H and O–H groups in total. The summed E-state index contributed by atoms with van der Waals surface area (Å²) in [5, 5.41) is 7.52. The molecule has 0 fully saturated rings. The molecule has 1 aromatic heterocycles. The van der Waals surface area contributed by atoms with Crippen LogP contribution in [0.15, 0.2) is 206 Å². The molecule has 0 saturated heterocycles. The van der Waals surface area contributed by atoms with Crippen LogP contribution < -0.4 is 0 Å². The fourth-order valence-corrected chi connectivity index (χ4v) is 7.72. The largest absolute Gasteiger partial charge is 0.228 e. The van der Waals surface area contributed by atoms with Crippen LogP contribution in [0.25, 0.3) is 99.6 Å². The molecule has 2 nitrogen and oxygen atoms in total. The van der Waals surface area contributed by atoms with E-state index in [0.717, 1.165) is 28.1 Å². The van der Waals surface area contributed by atoms with E-state index < -0.39 is 0 Å². The summed E-state index contributed by atoms with van der Waals surface area (Å²) in [7, 11) is 0. The molecule has 0 bridgehead atoms. The Bertz CT molecular complexity index is 2930. The van der Waals surface area contributed by atoms with Crippen molar-refractivity contribution in [3.8, 4) is 67.3 Å². The van der Waals surface area contributed by atoms with E-state index in [4.69, 9.17) is 9.97 Å². The molecule has 0 unspecified atom stereocenters. The van der Waals surface area contributed by atoms with Crippen LogP contribution in [-0.4, -0.2) is 9.97 Å². The van der Waals surface area contributed by atoms with E-state index in [-0.39, 0.29) is 0 Å². The summed E-state index contributed by atoms with van der Waals surface area (Å²) in [6, 6.07) is 73.4. The van der Waals surface area contributed by atoms with Crippen molar-refractivity contribution in [3.63, 3.8) is 0 Å². The van der Waals surface area contributed by atoms with Crippen molar-refractivity contribution >= 4 is 32.3 Å². The van der Waals surface area contributed by atoms with E-state index >= 15 is 0 Å². The number of fused-ring (bicyclic) bond motifs is 4. The summed E-state index contributed by atoms with van der Waals surface area (Å²) in [6.07, 6.45) is 0. The molecular formula is C52H34N2. The fourth-order valence-electron chi connectivity index (χ4n) is 7.72. The maximum atomic E-state index is 5.17. The predicted octanol–water partition coefficient (Wildman–Crippen LogP) is 13.9. The van der Waals surface area contributed by atoms with Crippen molar-refractivity contribution in [3.05, 3.63) is 206 Å². The summed E-state index contributed by atoms with van der Waals surface area (Å²) in [4.78, 5) is 10.3. The van der Waals surface area contributed by atoms with Gasteiger partial charge in [-0.3, -0.25) is 0 Å². The zero-order chi connectivity index (χ0) is 35.8. The van der Waals surface area contributed by atoms with Gasteiger partial charge in [-0.25, -0.2) is 9.97 Å². The van der Waals surface area contributed by atoms with E-state index in [0.29, 0.717) is 5.82 Å². The van der Waals surface area contributed by atoms with Crippen molar-refractivity contribution in [2.45, 2.75) is 0 Å². The summed E-state index contributed by atoms with van der Waals surface area (Å²) in [5.41, 5.74) is 12.1. The predicted molar refractivity (Wildman–Crippen MR) is 227 cm³/mol. The molecule has 1 heterocycles. The van der Waals surface area contributed by atoms with Crippen molar-refractivity contribution in [2.75, 3.05) is 0 Å². The number of rotatable bonds is 6. The number of nitrogens with zero attached hydrogens (tertiary/aromatic N) is 2. The van der Waals surface area contributed by atoms with Crippen LogP contribution in [-0.2, 0) is 0 Å². The minimum Gasteiger partial charge on any atom is -0.228 e. The number of hydrogen-bond acceptors (Lipinski definition) is 2. The quantitative estimate of drug-likeness (QED) is 0.129. The minimum absolute atomic E-state index is 0.701. The molecule has 10 aromatic rings. The van der Waals surface area contributed by atoms with E-state index in [1.165, 1.54) is 65.7 Å². The van der Waals surface area contributed by atoms with Gasteiger partial charge in [0, 0.05) is 16.7 Å². The molecule has 0 aliphatic carbocycles. The SMILES string of the molecule is c1ccc(-c2ccc(-c3ccc(-c4cc(-c5ccccc5)nc(-c5ccc(-c6c7ccccc7cc7c6ccc6ccccc67)cc5)n4)cc3)cc2)cc1. The number of hydrogen-bond donors (Lipinski definition) is 0. The third-order valence-electron chi connectivity index (χ3n) is 10.5. The maximum Gasteiger partial charge on any atom is 0.160 e. The van der Waals surface area contributed by atoms with Crippen LogP contribution in [0.4, 0.5) is 0 Å². The topological polar surface area (TPSA) is 25.8 Å². The highest BCUT2D eigenvalue weighted by Gasteiger charge is 2.15. The average molecular weight is 687 g/mol. The van der Waals surface area contributed by atoms with E-state index in [1.54, 1.807) is 0 Å². The normalized spacial score (nSPS) is 11.3. The van der Waals surface area contributed by atoms with Gasteiger partial charge in [0.15, 0.2) is 5.82 Å². The Morgan fingerprint density at radius 2 is 0.685 bits per heavy atom. The molecule has 0 radical (unpaired) electrons. The first-order valence-electron chi connectivity index (χ1n) is 18.4. The van der Waals surface area contributed by atoms with E-state index in [1.807, 2.05) is 6.07 Å². The van der Waals surface area contributed by atoms with Crippen LogP contribution in [0.3, 0.4) is 0 Å². The van der Waals surface area contributed by atoms with Gasteiger partial charge in [-0.2, -0.15) is 0 Å². The van der Waals surface area contributed by atoms with Crippen molar-refractivity contribution in [1.29, 1.82) is 0 Å². The van der Waals surface area contributed by atoms with Gasteiger partial charge in [0.05, 0.1) is 11.4 Å². The molecule has 0 spiro atoms. The van der Waals surface area contributed by atoms with E-state index in [2.05, 4.69) is 200 Å². The monoisotopic (exact) mass is 686 g/mol. The molecule has 0 atom stereocenters. The van der Waals surface area contributed by atoms with Crippen LogP contribution in [0.2, 0.25) is 0 Å². The van der Waals surface area contributed by atoms with Gasteiger partial charge in [-0.15, -0.1) is 0 Å². The van der Waals surface area contributed by atoms with Crippen molar-refractivity contribution in [2.24, 2.45) is 0 Å². The minimum atomic E-state index is 0.701. The first-order valence-corrected chi connectivity index (χ1v) is 18.4. The second-order valence-corrected chi connectivity index (χ2v) is 13.8. The van der Waals surface area contributed by atoms with Crippen molar-refractivity contribution < 1.29 is 0 Å². The maximum absolute atomic E-state index is 5.17. The first-order chi connectivity index (χ1) is 26.7. The molecule has 9 aromatic carbocycles. The molecule has 0 aliphatic heterocycles. The lowest BCUT2D eigenvalue weighted by Crippen LogP contribution is -1.96. The fraction of sp³-hybridized carbons (Fsp3) is 0. The Labute approximate surface area is 314 Å². The molecule has 0 aliphatic rings. The lowest BCUT2D eigenvalue weighted by atomic mass is 9.89. The molecular weight excluding hydrogens is 653 g/mol.